The smallest absolute Gasteiger partial charge is 0.280 e. The molecule has 8 heteroatoms. The van der Waals surface area contributed by atoms with Gasteiger partial charge in [-0.05, 0) is 6.07 Å². The molecule has 96 valence electrons. The first kappa shape index (κ1) is 12.8. The van der Waals surface area contributed by atoms with Gasteiger partial charge in [-0.3, -0.25) is 4.79 Å². The number of hydrogen-bond acceptors (Lipinski definition) is 4. The van der Waals surface area contributed by atoms with Gasteiger partial charge in [0.15, 0.2) is 5.03 Å². The largest absolute Gasteiger partial charge is 0.334 e. The van der Waals surface area contributed by atoms with Crippen LogP contribution in [0.4, 0.5) is 0 Å². The lowest BCUT2D eigenvalue weighted by molar-refractivity contribution is 0.563. The molecule has 0 spiro atoms. The Morgan fingerprint density at radius 1 is 1.28 bits per heavy atom. The van der Waals surface area contributed by atoms with E-state index in [2.05, 4.69) is 4.98 Å². The van der Waals surface area contributed by atoms with Crippen molar-refractivity contribution >= 4 is 19.7 Å². The lowest BCUT2D eigenvalue weighted by Gasteiger charge is -2.04. The lowest BCUT2D eigenvalue weighted by atomic mass is 10.4. The quantitative estimate of drug-likeness (QED) is 0.775. The van der Waals surface area contributed by atoms with Gasteiger partial charge in [0.25, 0.3) is 14.6 Å². The minimum Gasteiger partial charge on any atom is -0.334 e. The van der Waals surface area contributed by atoms with E-state index in [-0.39, 0.29) is 10.6 Å². The van der Waals surface area contributed by atoms with Gasteiger partial charge >= 0.3 is 0 Å². The van der Waals surface area contributed by atoms with E-state index >= 15 is 0 Å². The van der Waals surface area contributed by atoms with Crippen LogP contribution in [0, 0.1) is 0 Å². The van der Waals surface area contributed by atoms with Crippen LogP contribution in [0.5, 0.6) is 0 Å². The molecule has 2 aromatic rings. The zero-order valence-electron chi connectivity index (χ0n) is 9.23. The number of pyridine rings is 1. The van der Waals surface area contributed by atoms with Crippen molar-refractivity contribution in [2.24, 2.45) is 0 Å². The van der Waals surface area contributed by atoms with Gasteiger partial charge in [-0.15, -0.1) is 0 Å². The first-order chi connectivity index (χ1) is 8.47. The number of halogens is 1. The SMILES string of the molecule is O=c1ccccn1CCn1cnc(S(=O)(=O)Cl)c1. The van der Waals surface area contributed by atoms with Crippen molar-refractivity contribution in [3.05, 3.63) is 47.3 Å². The molecule has 0 aliphatic heterocycles. The Morgan fingerprint density at radius 2 is 2.06 bits per heavy atom. The Labute approximate surface area is 108 Å². The summed E-state index contributed by atoms with van der Waals surface area (Å²) in [6, 6.07) is 4.88. The summed E-state index contributed by atoms with van der Waals surface area (Å²) in [4.78, 5) is 15.1. The highest BCUT2D eigenvalue weighted by Gasteiger charge is 2.13. The van der Waals surface area contributed by atoms with Crippen molar-refractivity contribution in [1.29, 1.82) is 0 Å². The van der Waals surface area contributed by atoms with E-state index in [0.717, 1.165) is 0 Å². The average molecular weight is 288 g/mol. The fourth-order valence-electron chi connectivity index (χ4n) is 1.46. The fourth-order valence-corrected chi connectivity index (χ4v) is 2.13. The lowest BCUT2D eigenvalue weighted by Crippen LogP contribution is -2.20. The standard InChI is InChI=1S/C10H10ClN3O3S/c11-18(16,17)9-7-13(8-12-9)5-6-14-4-2-1-3-10(14)15/h1-4,7-8H,5-6H2. The number of nitrogens with zero attached hydrogens (tertiary/aromatic N) is 3. The summed E-state index contributed by atoms with van der Waals surface area (Å²) in [6.45, 7) is 0.862. The minimum atomic E-state index is -3.80. The van der Waals surface area contributed by atoms with Gasteiger partial charge in [-0.25, -0.2) is 13.4 Å². The summed E-state index contributed by atoms with van der Waals surface area (Å²) in [5.74, 6) is 0. The molecule has 2 heterocycles. The second-order valence-electron chi connectivity index (χ2n) is 3.62. The van der Waals surface area contributed by atoms with Crippen molar-refractivity contribution in [1.82, 2.24) is 14.1 Å². The van der Waals surface area contributed by atoms with E-state index in [1.807, 2.05) is 0 Å². The van der Waals surface area contributed by atoms with Gasteiger partial charge < -0.3 is 9.13 Å². The summed E-state index contributed by atoms with van der Waals surface area (Å²) in [5, 5.41) is -0.190. The van der Waals surface area contributed by atoms with Crippen LogP contribution in [0.3, 0.4) is 0 Å². The second-order valence-corrected chi connectivity index (χ2v) is 6.13. The number of imidazole rings is 1. The number of aromatic nitrogens is 3. The van der Waals surface area contributed by atoms with Crippen LogP contribution in [0.2, 0.25) is 0 Å². The summed E-state index contributed by atoms with van der Waals surface area (Å²) < 4.78 is 25.1. The molecular formula is C10H10ClN3O3S. The molecule has 0 unspecified atom stereocenters. The van der Waals surface area contributed by atoms with Crippen LogP contribution in [-0.4, -0.2) is 22.5 Å². The molecule has 0 aromatic carbocycles. The topological polar surface area (TPSA) is 74.0 Å². The van der Waals surface area contributed by atoms with E-state index in [1.165, 1.54) is 23.2 Å². The first-order valence-electron chi connectivity index (χ1n) is 5.09. The monoisotopic (exact) mass is 287 g/mol. The Kier molecular flexibility index (Phi) is 3.53. The van der Waals surface area contributed by atoms with Crippen LogP contribution in [0.15, 0.2) is 46.7 Å². The third-order valence-corrected chi connectivity index (χ3v) is 3.54. The fraction of sp³-hybridized carbons (Fsp3) is 0.200. The highest BCUT2D eigenvalue weighted by molar-refractivity contribution is 8.13. The summed E-state index contributed by atoms with van der Waals surface area (Å²) in [5.41, 5.74) is -0.109. The van der Waals surface area contributed by atoms with Crippen LogP contribution < -0.4 is 5.56 Å². The zero-order chi connectivity index (χ0) is 13.2. The normalized spacial score (nSPS) is 11.6. The van der Waals surface area contributed by atoms with Crippen molar-refractivity contribution in [3.63, 3.8) is 0 Å². The molecule has 18 heavy (non-hydrogen) atoms. The van der Waals surface area contributed by atoms with Crippen molar-refractivity contribution in [2.75, 3.05) is 0 Å². The van der Waals surface area contributed by atoms with Gasteiger partial charge in [-0.1, -0.05) is 6.07 Å². The van der Waals surface area contributed by atoms with Gasteiger partial charge in [0.2, 0.25) is 0 Å². The molecular weight excluding hydrogens is 278 g/mol. The van der Waals surface area contributed by atoms with Gasteiger partial charge in [0.05, 0.1) is 6.33 Å². The van der Waals surface area contributed by atoms with Crippen LogP contribution in [0.1, 0.15) is 0 Å². The van der Waals surface area contributed by atoms with E-state index in [0.29, 0.717) is 13.1 Å². The predicted molar refractivity (Wildman–Crippen MR) is 66.0 cm³/mol. The van der Waals surface area contributed by atoms with E-state index < -0.39 is 9.05 Å². The van der Waals surface area contributed by atoms with Crippen molar-refractivity contribution in [2.45, 2.75) is 18.1 Å². The molecule has 0 aliphatic rings. The Hall–Kier alpha value is -1.60. The third kappa shape index (κ3) is 2.99. The van der Waals surface area contributed by atoms with Crippen molar-refractivity contribution < 1.29 is 8.42 Å². The van der Waals surface area contributed by atoms with Gasteiger partial charge in [-0.2, -0.15) is 0 Å². The highest BCUT2D eigenvalue weighted by Crippen LogP contribution is 2.11. The highest BCUT2D eigenvalue weighted by atomic mass is 35.7. The Bertz CT molecular complexity index is 705. The summed E-state index contributed by atoms with van der Waals surface area (Å²) >= 11 is 0. The first-order valence-corrected chi connectivity index (χ1v) is 7.40. The summed E-state index contributed by atoms with van der Waals surface area (Å²) in [6.07, 6.45) is 4.36. The van der Waals surface area contributed by atoms with Crippen molar-refractivity contribution in [3.8, 4) is 0 Å². The Balaban J connectivity index is 2.10. The Morgan fingerprint density at radius 3 is 2.67 bits per heavy atom. The molecule has 0 amide bonds. The second kappa shape index (κ2) is 4.95. The molecule has 0 atom stereocenters. The summed E-state index contributed by atoms with van der Waals surface area (Å²) in [7, 11) is 1.35. The molecule has 0 fully saturated rings. The van der Waals surface area contributed by atoms with E-state index in [1.54, 1.807) is 22.9 Å². The maximum Gasteiger partial charge on any atom is 0.280 e. The van der Waals surface area contributed by atoms with Crippen LogP contribution in [-0.2, 0) is 22.1 Å². The predicted octanol–water partition coefficient (Wildman–Crippen LogP) is 0.673. The molecule has 0 radical (unpaired) electrons. The average Bonchev–Trinajstić information content (AvgIpc) is 2.76. The van der Waals surface area contributed by atoms with Gasteiger partial charge in [0, 0.05) is 42.2 Å². The van der Waals surface area contributed by atoms with Crippen LogP contribution >= 0.6 is 10.7 Å². The number of rotatable bonds is 4. The molecule has 2 rings (SSSR count). The maximum atomic E-state index is 11.4. The minimum absolute atomic E-state index is 0.109. The van der Waals surface area contributed by atoms with Gasteiger partial charge in [0.1, 0.15) is 0 Å². The number of aryl methyl sites for hydroxylation is 2. The van der Waals surface area contributed by atoms with E-state index in [4.69, 9.17) is 10.7 Å². The molecule has 2 aromatic heterocycles. The molecule has 6 nitrogen and oxygen atoms in total. The maximum absolute atomic E-state index is 11.4. The molecule has 0 N–H and O–H groups in total. The van der Waals surface area contributed by atoms with Crippen LogP contribution in [0.25, 0.3) is 0 Å². The molecule has 0 bridgehead atoms. The molecule has 0 saturated carbocycles. The third-order valence-electron chi connectivity index (χ3n) is 2.36. The van der Waals surface area contributed by atoms with E-state index in [9.17, 15) is 13.2 Å². The molecule has 0 saturated heterocycles. The number of hydrogen-bond donors (Lipinski definition) is 0. The zero-order valence-corrected chi connectivity index (χ0v) is 10.8. The molecule has 0 aliphatic carbocycles.